The minimum absolute atomic E-state index is 0.0258. The summed E-state index contributed by atoms with van der Waals surface area (Å²) in [6.45, 7) is 1.45. The lowest BCUT2D eigenvalue weighted by atomic mass is 9.93. The molecule has 2 aliphatic rings. The number of carboxylic acid groups (broad SMARTS) is 1. The molecule has 0 aliphatic carbocycles. The molecule has 5 aromatic carbocycles. The Balaban J connectivity index is 1.04. The van der Waals surface area contributed by atoms with Gasteiger partial charge in [0.25, 0.3) is 15.9 Å². The van der Waals surface area contributed by atoms with Gasteiger partial charge in [-0.25, -0.2) is 18.2 Å². The number of carboxylic acids is 1. The molecular formula is C46H38Cl2N6O8S2. The van der Waals surface area contributed by atoms with Crippen LogP contribution in [0.15, 0.2) is 107 Å². The van der Waals surface area contributed by atoms with Crippen LogP contribution in [0.2, 0.25) is 10.0 Å². The number of anilines is 2. The third kappa shape index (κ3) is 8.99. The molecule has 14 nitrogen and oxygen atoms in total. The lowest BCUT2D eigenvalue weighted by Crippen LogP contribution is -2.55. The summed E-state index contributed by atoms with van der Waals surface area (Å²) in [5.74, 6) is -1.64. The highest BCUT2D eigenvalue weighted by Crippen LogP contribution is 2.43. The predicted octanol–water partition coefficient (Wildman–Crippen LogP) is 7.48. The molecule has 4 N–H and O–H groups in total. The van der Waals surface area contributed by atoms with Crippen molar-refractivity contribution in [2.24, 2.45) is 0 Å². The molecule has 0 bridgehead atoms. The number of carbonyl (C=O) groups excluding carboxylic acids is 2. The quantitative estimate of drug-likeness (QED) is 0.110. The Morgan fingerprint density at radius 3 is 2.28 bits per heavy atom. The smallest absolute Gasteiger partial charge is 0.326 e. The molecule has 3 heterocycles. The summed E-state index contributed by atoms with van der Waals surface area (Å²) in [7, 11) is -2.83. The minimum atomic E-state index is -4.43. The van der Waals surface area contributed by atoms with Gasteiger partial charge in [-0.3, -0.25) is 9.59 Å². The van der Waals surface area contributed by atoms with Crippen LogP contribution in [0.5, 0.6) is 11.5 Å². The fourth-order valence-electron chi connectivity index (χ4n) is 7.65. The van der Waals surface area contributed by atoms with Gasteiger partial charge in [-0.05, 0) is 95.3 Å². The average Bonchev–Trinajstić information content (AvgIpc) is 3.65. The predicted molar refractivity (Wildman–Crippen MR) is 242 cm³/mol. The molecular weight excluding hydrogens is 900 g/mol. The van der Waals surface area contributed by atoms with Crippen LogP contribution in [0.25, 0.3) is 11.1 Å². The van der Waals surface area contributed by atoms with E-state index in [1.54, 1.807) is 85.9 Å². The van der Waals surface area contributed by atoms with Crippen LogP contribution >= 0.6 is 34.5 Å². The van der Waals surface area contributed by atoms with E-state index in [-0.39, 0.29) is 46.9 Å². The number of nitrogens with zero attached hydrogens (tertiary/aromatic N) is 4. The lowest BCUT2D eigenvalue weighted by Gasteiger charge is -2.38. The molecule has 8 rings (SSSR count). The van der Waals surface area contributed by atoms with Crippen LogP contribution in [0, 0.1) is 18.3 Å². The van der Waals surface area contributed by atoms with Crippen molar-refractivity contribution in [3.05, 3.63) is 152 Å². The van der Waals surface area contributed by atoms with Crippen molar-refractivity contribution in [3.63, 3.8) is 0 Å². The molecule has 0 saturated carbocycles. The highest BCUT2D eigenvalue weighted by molar-refractivity contribution is 7.91. The van der Waals surface area contributed by atoms with Gasteiger partial charge < -0.3 is 30.5 Å². The zero-order valence-corrected chi connectivity index (χ0v) is 37.3. The zero-order chi connectivity index (χ0) is 45.4. The second kappa shape index (κ2) is 17.9. The van der Waals surface area contributed by atoms with Gasteiger partial charge in [0, 0.05) is 25.6 Å². The van der Waals surface area contributed by atoms with E-state index in [0.717, 1.165) is 32.3 Å². The van der Waals surface area contributed by atoms with Gasteiger partial charge in [-0.15, -0.1) is 0 Å². The van der Waals surface area contributed by atoms with Crippen molar-refractivity contribution in [1.29, 1.82) is 5.26 Å². The Labute approximate surface area is 382 Å². The van der Waals surface area contributed by atoms with Crippen LogP contribution in [-0.2, 0) is 50.4 Å². The molecule has 1 aromatic heterocycles. The summed E-state index contributed by atoms with van der Waals surface area (Å²) >= 11 is 12.9. The first-order chi connectivity index (χ1) is 30.6. The summed E-state index contributed by atoms with van der Waals surface area (Å²) in [5.41, 5.74) is 11.8. The molecule has 0 saturated heterocycles. The second-order valence-corrected chi connectivity index (χ2v) is 19.2. The van der Waals surface area contributed by atoms with Gasteiger partial charge >= 0.3 is 5.97 Å². The Bertz CT molecular complexity index is 2960. The minimum Gasteiger partial charge on any atom is -0.489 e. The van der Waals surface area contributed by atoms with E-state index in [1.165, 1.54) is 11.8 Å². The van der Waals surface area contributed by atoms with Crippen molar-refractivity contribution in [3.8, 4) is 28.7 Å². The molecule has 6 aromatic rings. The van der Waals surface area contributed by atoms with E-state index in [0.29, 0.717) is 55.0 Å². The largest absolute Gasteiger partial charge is 0.489 e. The fraction of sp³-hybridized carbons (Fsp3) is 0.196. The van der Waals surface area contributed by atoms with Gasteiger partial charge in [0.05, 0.1) is 33.1 Å². The number of thiazole rings is 1. The normalized spacial score (nSPS) is 16.5. The highest BCUT2D eigenvalue weighted by atomic mass is 35.5. The van der Waals surface area contributed by atoms with Gasteiger partial charge in [-0.2, -0.15) is 9.57 Å². The number of aliphatic carboxylic acids is 1. The monoisotopic (exact) mass is 936 g/mol. The number of aromatic nitrogens is 1. The summed E-state index contributed by atoms with van der Waals surface area (Å²) in [5, 5.41) is 22.9. The van der Waals surface area contributed by atoms with E-state index in [2.05, 4.69) is 16.4 Å². The van der Waals surface area contributed by atoms with E-state index >= 15 is 0 Å². The maximum atomic E-state index is 14.5. The summed E-state index contributed by atoms with van der Waals surface area (Å²) in [4.78, 5) is 46.3. The van der Waals surface area contributed by atoms with Crippen LogP contribution in [0.1, 0.15) is 45.2 Å². The standard InChI is InChI=1S/C46H38Cl2N6O8S2/c1-25-45(63-46(50)51-25)64(59,60)54-23-33-21-40-38(53(2)43(56)41(62-40)31-12-14-34(15-13-31)61-24-28-7-16-35(47)36(48)17-28)19-32(33)20-39(54)42(55)52-37(44(57)58)18-26-3-8-29(9-4-26)30-10-5-27(22-49)6-11-30/h3-17,19,21,37,39,41H,18,20,23-24H2,1-2H3,(H2,50,51)(H,52,55)(H,57,58)/t37-,39-,41?/m0/s1. The van der Waals surface area contributed by atoms with E-state index in [1.807, 2.05) is 24.3 Å². The first-order valence-electron chi connectivity index (χ1n) is 19.7. The Morgan fingerprint density at radius 1 is 0.984 bits per heavy atom. The van der Waals surface area contributed by atoms with Crippen molar-refractivity contribution in [2.45, 2.75) is 55.3 Å². The third-order valence-electron chi connectivity index (χ3n) is 11.1. The Kier molecular flexibility index (Phi) is 12.4. The number of rotatable bonds is 12. The average molecular weight is 938 g/mol. The zero-order valence-electron chi connectivity index (χ0n) is 34.1. The second-order valence-electron chi connectivity index (χ2n) is 15.3. The van der Waals surface area contributed by atoms with Crippen LogP contribution < -0.4 is 25.4 Å². The fourth-order valence-corrected chi connectivity index (χ4v) is 10.9. The van der Waals surface area contributed by atoms with E-state index in [9.17, 15) is 27.9 Å². The number of amides is 2. The third-order valence-corrected chi connectivity index (χ3v) is 15.2. The number of likely N-dealkylation sites (N-methyl/N-ethyl adjacent to an activating group) is 1. The molecule has 0 radical (unpaired) electrons. The number of ether oxygens (including phenoxy) is 2. The Hall–Kier alpha value is -6.48. The number of hydrogen-bond donors (Lipinski definition) is 3. The number of hydrogen-bond acceptors (Lipinski definition) is 11. The van der Waals surface area contributed by atoms with Crippen molar-refractivity contribution >= 4 is 73.2 Å². The molecule has 2 amide bonds. The lowest BCUT2D eigenvalue weighted by molar-refractivity contribution is -0.142. The number of nitrogens with two attached hydrogens (primary N) is 1. The van der Waals surface area contributed by atoms with Crippen molar-refractivity contribution in [1.82, 2.24) is 14.6 Å². The highest BCUT2D eigenvalue weighted by Gasteiger charge is 2.44. The number of nitrogens with one attached hydrogen (secondary N) is 1. The van der Waals surface area contributed by atoms with Crippen molar-refractivity contribution < 1.29 is 37.4 Å². The number of carbonyl (C=O) groups is 3. The van der Waals surface area contributed by atoms with Crippen LogP contribution in [0.3, 0.4) is 0 Å². The van der Waals surface area contributed by atoms with Gasteiger partial charge in [-0.1, -0.05) is 89.1 Å². The number of benzene rings is 5. The molecule has 3 atom stereocenters. The van der Waals surface area contributed by atoms with Crippen LogP contribution in [0.4, 0.5) is 10.8 Å². The number of nitrogen functional groups attached to an aromatic ring is 1. The SMILES string of the molecule is Cc1nc(N)sc1S(=O)(=O)N1Cc2cc3c(cc2C[C@H]1C(=O)N[C@@H](Cc1ccc(-c2ccc(C#N)cc2)cc1)C(=O)O)N(C)C(=O)C(c1ccc(OCc2ccc(Cl)c(Cl)c2)cc1)O3. The molecule has 64 heavy (non-hydrogen) atoms. The number of nitriles is 1. The van der Waals surface area contributed by atoms with Crippen LogP contribution in [-0.4, -0.2) is 59.7 Å². The molecule has 1 unspecified atom stereocenters. The van der Waals surface area contributed by atoms with Gasteiger partial charge in [0.15, 0.2) is 9.34 Å². The maximum absolute atomic E-state index is 14.5. The summed E-state index contributed by atoms with van der Waals surface area (Å²) < 4.78 is 42.1. The number of fused-ring (bicyclic) bond motifs is 2. The molecule has 2 aliphatic heterocycles. The topological polar surface area (TPSA) is 205 Å². The van der Waals surface area contributed by atoms with Gasteiger partial charge in [0.2, 0.25) is 12.0 Å². The van der Waals surface area contributed by atoms with Gasteiger partial charge in [0.1, 0.15) is 30.2 Å². The summed E-state index contributed by atoms with van der Waals surface area (Å²) in [6, 6.07) is 28.9. The van der Waals surface area contributed by atoms with Crippen molar-refractivity contribution in [2.75, 3.05) is 17.7 Å². The molecule has 0 spiro atoms. The van der Waals surface area contributed by atoms with E-state index in [4.69, 9.17) is 43.7 Å². The number of halogens is 2. The van der Waals surface area contributed by atoms with E-state index < -0.39 is 40.1 Å². The number of sulfonamides is 1. The maximum Gasteiger partial charge on any atom is 0.326 e. The molecule has 18 heteroatoms. The first kappa shape index (κ1) is 44.1. The summed E-state index contributed by atoms with van der Waals surface area (Å²) in [6.07, 6.45) is -1.28. The first-order valence-corrected chi connectivity index (χ1v) is 22.7. The molecule has 0 fully saturated rings. The Morgan fingerprint density at radius 2 is 1.66 bits per heavy atom. The molecule has 326 valence electrons. The number of aryl methyl sites for hydroxylation is 1.